The minimum atomic E-state index is -2.46. The Kier molecular flexibility index (Phi) is 6.20. The molecule has 19 heavy (non-hydrogen) atoms. The average molecular weight is 280 g/mol. The summed E-state index contributed by atoms with van der Waals surface area (Å²) >= 11 is 0. The van der Waals surface area contributed by atoms with E-state index in [0.29, 0.717) is 13.0 Å². The first-order valence-electron chi connectivity index (χ1n) is 6.25. The van der Waals surface area contributed by atoms with E-state index in [1.165, 1.54) is 0 Å². The van der Waals surface area contributed by atoms with Crippen LogP contribution in [0.3, 0.4) is 0 Å². The molecule has 4 heteroatoms. The summed E-state index contributed by atoms with van der Waals surface area (Å²) in [5.74, 6) is -0.107. The highest BCUT2D eigenvalue weighted by atomic mass is 31.2. The third kappa shape index (κ3) is 5.54. The van der Waals surface area contributed by atoms with Gasteiger partial charge in [-0.1, -0.05) is 36.4 Å². The van der Waals surface area contributed by atoms with E-state index in [1.807, 2.05) is 30.3 Å². The lowest BCUT2D eigenvalue weighted by Crippen LogP contribution is -2.24. The van der Waals surface area contributed by atoms with Gasteiger partial charge in [-0.2, -0.15) is 0 Å². The third-order valence-electron chi connectivity index (χ3n) is 2.87. The molecule has 1 aromatic carbocycles. The Hall–Kier alpha value is -1.18. The molecule has 1 rings (SSSR count). The maximum absolute atomic E-state index is 12.1. The molecule has 1 atom stereocenters. The minimum Gasteiger partial charge on any atom is -0.369 e. The van der Waals surface area contributed by atoms with Gasteiger partial charge in [0, 0.05) is 0 Å². The van der Waals surface area contributed by atoms with Crippen LogP contribution in [0.15, 0.2) is 43.0 Å². The molecule has 1 unspecified atom stereocenters. The van der Waals surface area contributed by atoms with Crippen molar-refractivity contribution in [1.29, 1.82) is 0 Å². The lowest BCUT2D eigenvalue weighted by molar-refractivity contribution is -0.123. The summed E-state index contributed by atoms with van der Waals surface area (Å²) in [4.78, 5) is 12.0. The minimum absolute atomic E-state index is 0.000922. The molecule has 0 saturated carbocycles. The maximum Gasteiger partial charge on any atom is 0.169 e. The summed E-state index contributed by atoms with van der Waals surface area (Å²) in [6.07, 6.45) is 2.08. The van der Waals surface area contributed by atoms with E-state index in [-0.39, 0.29) is 12.4 Å². The molecule has 0 amide bonds. The van der Waals surface area contributed by atoms with E-state index in [1.54, 1.807) is 19.4 Å². The van der Waals surface area contributed by atoms with Crippen molar-refractivity contribution in [1.82, 2.24) is 0 Å². The second-order valence-electron chi connectivity index (χ2n) is 4.92. The summed E-state index contributed by atoms with van der Waals surface area (Å²) in [6, 6.07) is 9.66. The van der Waals surface area contributed by atoms with Gasteiger partial charge in [-0.3, -0.25) is 4.79 Å². The molecule has 0 bridgehead atoms. The van der Waals surface area contributed by atoms with Crippen molar-refractivity contribution in [3.05, 3.63) is 48.6 Å². The number of carbonyl (C=O) groups excluding carboxylic acids is 1. The lowest BCUT2D eigenvalue weighted by Gasteiger charge is -2.18. The van der Waals surface area contributed by atoms with E-state index in [4.69, 9.17) is 4.74 Å². The van der Waals surface area contributed by atoms with Gasteiger partial charge in [-0.05, 0) is 25.3 Å². The fourth-order valence-corrected chi connectivity index (χ4v) is 3.25. The van der Waals surface area contributed by atoms with Crippen LogP contribution in [0.2, 0.25) is 0 Å². The molecule has 0 spiro atoms. The van der Waals surface area contributed by atoms with Crippen LogP contribution in [0.1, 0.15) is 12.0 Å². The second-order valence-corrected chi connectivity index (χ2v) is 8.41. The summed E-state index contributed by atoms with van der Waals surface area (Å²) in [7, 11) is -2.46. The second kappa shape index (κ2) is 7.42. The zero-order valence-electron chi connectivity index (χ0n) is 11.5. The molecule has 0 fully saturated rings. The number of allylic oxidation sites excluding steroid dienone is 1. The summed E-state index contributed by atoms with van der Waals surface area (Å²) in [5, 5.41) is 0. The van der Waals surface area contributed by atoms with Gasteiger partial charge in [0.15, 0.2) is 5.78 Å². The predicted molar refractivity (Wildman–Crippen MR) is 79.2 cm³/mol. The van der Waals surface area contributed by atoms with Crippen molar-refractivity contribution in [2.45, 2.75) is 18.7 Å². The Balaban J connectivity index is 2.49. The highest BCUT2D eigenvalue weighted by Crippen LogP contribution is 2.44. The summed E-state index contributed by atoms with van der Waals surface area (Å²) < 4.78 is 17.5. The normalized spacial score (nSPS) is 12.9. The van der Waals surface area contributed by atoms with Gasteiger partial charge >= 0.3 is 0 Å². The van der Waals surface area contributed by atoms with Crippen LogP contribution in [0.5, 0.6) is 0 Å². The van der Waals surface area contributed by atoms with E-state index in [9.17, 15) is 9.36 Å². The molecular formula is C15H21O3P. The van der Waals surface area contributed by atoms with Crippen LogP contribution in [-0.2, 0) is 20.7 Å². The van der Waals surface area contributed by atoms with Crippen molar-refractivity contribution < 1.29 is 14.1 Å². The highest BCUT2D eigenvalue weighted by molar-refractivity contribution is 7.64. The summed E-state index contributed by atoms with van der Waals surface area (Å²) in [5.41, 5.74) is 0.549. The number of ether oxygens (including phenoxy) is 1. The highest BCUT2D eigenvalue weighted by Gasteiger charge is 2.28. The Bertz CT molecular complexity index is 462. The smallest absolute Gasteiger partial charge is 0.169 e. The van der Waals surface area contributed by atoms with Crippen LogP contribution in [0.25, 0.3) is 0 Å². The van der Waals surface area contributed by atoms with Gasteiger partial charge < -0.3 is 9.30 Å². The molecule has 0 heterocycles. The number of rotatable bonds is 8. The van der Waals surface area contributed by atoms with E-state index < -0.39 is 12.8 Å². The average Bonchev–Trinajstić information content (AvgIpc) is 2.35. The number of hydrogen-bond acceptors (Lipinski definition) is 3. The van der Waals surface area contributed by atoms with Gasteiger partial charge in [0.25, 0.3) is 0 Å². The van der Waals surface area contributed by atoms with Gasteiger partial charge in [0.1, 0.15) is 6.61 Å². The zero-order valence-corrected chi connectivity index (χ0v) is 12.4. The molecule has 0 N–H and O–H groups in total. The lowest BCUT2D eigenvalue weighted by atomic mass is 10.2. The van der Waals surface area contributed by atoms with E-state index in [0.717, 1.165) is 5.56 Å². The van der Waals surface area contributed by atoms with Crippen molar-refractivity contribution in [3.63, 3.8) is 0 Å². The molecule has 0 aliphatic rings. The van der Waals surface area contributed by atoms with E-state index >= 15 is 0 Å². The summed E-state index contributed by atoms with van der Waals surface area (Å²) in [6.45, 7) is 7.27. The maximum atomic E-state index is 12.1. The molecule has 1 aromatic rings. The van der Waals surface area contributed by atoms with E-state index in [2.05, 4.69) is 6.58 Å². The van der Waals surface area contributed by atoms with Crippen molar-refractivity contribution >= 4 is 12.9 Å². The molecule has 0 radical (unpaired) electrons. The Morgan fingerprint density at radius 3 is 2.53 bits per heavy atom. The molecular weight excluding hydrogens is 259 g/mol. The first-order valence-corrected chi connectivity index (χ1v) is 8.92. The van der Waals surface area contributed by atoms with Crippen molar-refractivity contribution in [2.75, 3.05) is 19.9 Å². The largest absolute Gasteiger partial charge is 0.369 e. The van der Waals surface area contributed by atoms with Gasteiger partial charge in [-0.15, -0.1) is 6.58 Å². The topological polar surface area (TPSA) is 43.4 Å². The molecule has 104 valence electrons. The number of ketones is 1. The predicted octanol–water partition coefficient (Wildman–Crippen LogP) is 3.34. The van der Waals surface area contributed by atoms with Crippen LogP contribution >= 0.6 is 7.14 Å². The van der Waals surface area contributed by atoms with Crippen LogP contribution < -0.4 is 0 Å². The zero-order chi connectivity index (χ0) is 14.3. The number of carbonyl (C=O) groups is 1. The third-order valence-corrected chi connectivity index (χ3v) is 4.87. The molecule has 3 nitrogen and oxygen atoms in total. The Morgan fingerprint density at radius 1 is 1.37 bits per heavy atom. The van der Waals surface area contributed by atoms with Crippen molar-refractivity contribution in [2.24, 2.45) is 0 Å². The first kappa shape index (κ1) is 15.9. The van der Waals surface area contributed by atoms with Gasteiger partial charge in [-0.25, -0.2) is 0 Å². The fourth-order valence-electron chi connectivity index (χ4n) is 1.83. The monoisotopic (exact) mass is 280 g/mol. The molecule has 0 saturated heterocycles. The quantitative estimate of drug-likeness (QED) is 0.542. The van der Waals surface area contributed by atoms with Crippen LogP contribution in [0.4, 0.5) is 0 Å². The number of Topliss-reactive ketones (excluding diaryl/α,β-unsaturated/α-hetero) is 1. The first-order chi connectivity index (χ1) is 8.95. The fraction of sp³-hybridized carbons (Fsp3) is 0.400. The number of hydrogen-bond donors (Lipinski definition) is 0. The molecule has 0 aromatic heterocycles. The Labute approximate surface area is 115 Å². The van der Waals surface area contributed by atoms with Gasteiger partial charge in [0.2, 0.25) is 0 Å². The SMILES string of the molecule is C=CCC(C(=O)COCc1ccccc1)P(C)(C)=O. The standard InChI is InChI=1S/C15H21O3P/c1-4-8-15(19(2,3)17)14(16)12-18-11-13-9-6-5-7-10-13/h4-7,9-10,15H,1,8,11-12H2,2-3H3. The van der Waals surface area contributed by atoms with Crippen LogP contribution in [-0.4, -0.2) is 31.4 Å². The number of benzene rings is 1. The molecule has 0 aliphatic heterocycles. The van der Waals surface area contributed by atoms with Crippen LogP contribution in [0, 0.1) is 0 Å². The Morgan fingerprint density at radius 2 is 2.00 bits per heavy atom. The van der Waals surface area contributed by atoms with Gasteiger partial charge in [0.05, 0.1) is 19.4 Å². The molecule has 0 aliphatic carbocycles. The van der Waals surface area contributed by atoms with Crippen molar-refractivity contribution in [3.8, 4) is 0 Å².